The number of Topliss-reactive ketones (excluding diaryl/α,β-unsaturated/α-hetero) is 1. The molecule has 110 valence electrons. The topological polar surface area (TPSA) is 56.0 Å². The van der Waals surface area contributed by atoms with E-state index in [2.05, 4.69) is 11.9 Å². The molecule has 3 rings (SSSR count). The molecule has 1 heterocycles. The number of hydrogen-bond donors (Lipinski definition) is 1. The summed E-state index contributed by atoms with van der Waals surface area (Å²) in [6, 6.07) is 9.70. The largest absolute Gasteiger partial charge is 0.319 e. The third-order valence-corrected chi connectivity index (χ3v) is 4.58. The lowest BCUT2D eigenvalue weighted by atomic mass is 9.73. The van der Waals surface area contributed by atoms with Crippen LogP contribution in [0.1, 0.15) is 48.7 Å². The number of fused-ring (bicyclic) bond motifs is 1. The van der Waals surface area contributed by atoms with E-state index in [1.54, 1.807) is 0 Å². The quantitative estimate of drug-likeness (QED) is 0.856. The van der Waals surface area contributed by atoms with Gasteiger partial charge >= 0.3 is 0 Å². The van der Waals surface area contributed by atoms with Crippen molar-refractivity contribution in [2.24, 2.45) is 11.7 Å². The van der Waals surface area contributed by atoms with E-state index in [1.807, 2.05) is 37.3 Å². The first-order valence-electron chi connectivity index (χ1n) is 7.69. The van der Waals surface area contributed by atoms with Crippen LogP contribution in [-0.4, -0.2) is 16.3 Å². The summed E-state index contributed by atoms with van der Waals surface area (Å²) in [5.74, 6) is 0.606. The first kappa shape index (κ1) is 14.2. The highest BCUT2D eigenvalue weighted by Crippen LogP contribution is 2.33. The summed E-state index contributed by atoms with van der Waals surface area (Å²) in [5.41, 5.74) is 8.36. The van der Waals surface area contributed by atoms with Crippen LogP contribution in [0, 0.1) is 12.8 Å². The fourth-order valence-electron chi connectivity index (χ4n) is 3.45. The third-order valence-electron chi connectivity index (χ3n) is 4.58. The molecule has 0 saturated heterocycles. The molecule has 0 bridgehead atoms. The van der Waals surface area contributed by atoms with E-state index in [9.17, 15) is 4.79 Å². The van der Waals surface area contributed by atoms with Gasteiger partial charge in [-0.15, -0.1) is 0 Å². The van der Waals surface area contributed by atoms with Gasteiger partial charge in [-0.05, 0) is 49.9 Å². The van der Waals surface area contributed by atoms with Crippen LogP contribution >= 0.6 is 0 Å². The monoisotopic (exact) mass is 282 g/mol. The molecule has 1 fully saturated rings. The van der Waals surface area contributed by atoms with Crippen LogP contribution in [0.2, 0.25) is 0 Å². The maximum atomic E-state index is 12.8. The van der Waals surface area contributed by atoms with Gasteiger partial charge in [0.2, 0.25) is 0 Å². The Hall–Kier alpha value is -1.74. The number of pyridine rings is 1. The molecule has 0 spiro atoms. The van der Waals surface area contributed by atoms with Gasteiger partial charge in [-0.2, -0.15) is 0 Å². The molecule has 0 amide bonds. The van der Waals surface area contributed by atoms with E-state index in [0.29, 0.717) is 11.5 Å². The van der Waals surface area contributed by atoms with Gasteiger partial charge in [0.1, 0.15) is 0 Å². The number of carbonyl (C=O) groups is 1. The predicted molar refractivity (Wildman–Crippen MR) is 85.4 cm³/mol. The molecule has 2 N–H and O–H groups in total. The van der Waals surface area contributed by atoms with Gasteiger partial charge in [-0.3, -0.25) is 9.78 Å². The fraction of sp³-hybridized carbons (Fsp3) is 0.444. The number of aryl methyl sites for hydroxylation is 1. The van der Waals surface area contributed by atoms with Crippen molar-refractivity contribution in [3.05, 3.63) is 41.6 Å². The highest BCUT2D eigenvalue weighted by atomic mass is 16.1. The Labute approximate surface area is 125 Å². The smallest absolute Gasteiger partial charge is 0.182 e. The number of carbonyl (C=O) groups excluding carboxylic acids is 1. The first-order chi connectivity index (χ1) is 9.98. The molecule has 21 heavy (non-hydrogen) atoms. The molecular weight excluding hydrogens is 260 g/mol. The molecule has 2 aromatic rings. The second kappa shape index (κ2) is 5.23. The van der Waals surface area contributed by atoms with Crippen molar-refractivity contribution >= 4 is 16.7 Å². The van der Waals surface area contributed by atoms with Crippen LogP contribution < -0.4 is 5.73 Å². The van der Waals surface area contributed by atoms with Crippen LogP contribution in [0.5, 0.6) is 0 Å². The van der Waals surface area contributed by atoms with Gasteiger partial charge in [-0.25, -0.2) is 0 Å². The average molecular weight is 282 g/mol. The molecule has 3 nitrogen and oxygen atoms in total. The van der Waals surface area contributed by atoms with Gasteiger partial charge in [0.25, 0.3) is 0 Å². The summed E-state index contributed by atoms with van der Waals surface area (Å²) in [6.45, 7) is 4.15. The van der Waals surface area contributed by atoms with Crippen LogP contribution in [0.15, 0.2) is 30.3 Å². The van der Waals surface area contributed by atoms with Crippen molar-refractivity contribution in [2.75, 3.05) is 0 Å². The van der Waals surface area contributed by atoms with E-state index in [0.717, 1.165) is 35.9 Å². The lowest BCUT2D eigenvalue weighted by molar-refractivity contribution is 0.0820. The van der Waals surface area contributed by atoms with Crippen molar-refractivity contribution in [3.63, 3.8) is 0 Å². The second-order valence-electron chi connectivity index (χ2n) is 6.55. The summed E-state index contributed by atoms with van der Waals surface area (Å²) in [6.07, 6.45) is 3.79. The predicted octanol–water partition coefficient (Wildman–Crippen LogP) is 3.63. The Morgan fingerprint density at radius 1 is 1.33 bits per heavy atom. The maximum Gasteiger partial charge on any atom is 0.182 e. The Morgan fingerprint density at radius 3 is 2.90 bits per heavy atom. The molecule has 1 saturated carbocycles. The van der Waals surface area contributed by atoms with E-state index in [-0.39, 0.29) is 5.78 Å². The van der Waals surface area contributed by atoms with E-state index in [1.165, 1.54) is 6.42 Å². The van der Waals surface area contributed by atoms with Crippen LogP contribution in [0.4, 0.5) is 0 Å². The zero-order valence-corrected chi connectivity index (χ0v) is 12.7. The summed E-state index contributed by atoms with van der Waals surface area (Å²) in [5, 5.41) is 0.999. The summed E-state index contributed by atoms with van der Waals surface area (Å²) >= 11 is 0. The number of nitrogens with zero attached hydrogens (tertiary/aromatic N) is 1. The minimum atomic E-state index is -0.691. The van der Waals surface area contributed by atoms with Gasteiger partial charge in [0.05, 0.1) is 11.1 Å². The summed E-state index contributed by atoms with van der Waals surface area (Å²) in [7, 11) is 0. The molecule has 2 unspecified atom stereocenters. The number of benzene rings is 1. The number of ketones is 1. The Balaban J connectivity index is 1.96. The molecule has 0 radical (unpaired) electrons. The highest BCUT2D eigenvalue weighted by molar-refractivity contribution is 6.05. The van der Waals surface area contributed by atoms with Gasteiger partial charge in [0, 0.05) is 16.6 Å². The highest BCUT2D eigenvalue weighted by Gasteiger charge is 2.38. The Morgan fingerprint density at radius 2 is 2.14 bits per heavy atom. The Kier molecular flexibility index (Phi) is 3.54. The number of rotatable bonds is 2. The lowest BCUT2D eigenvalue weighted by Gasteiger charge is -2.35. The molecule has 1 aliphatic carbocycles. The molecule has 0 aliphatic heterocycles. The van der Waals surface area contributed by atoms with Crippen molar-refractivity contribution in [1.82, 2.24) is 4.98 Å². The zero-order valence-electron chi connectivity index (χ0n) is 12.7. The van der Waals surface area contributed by atoms with Gasteiger partial charge in [-0.1, -0.05) is 25.8 Å². The molecule has 1 aliphatic rings. The number of aromatic nitrogens is 1. The lowest BCUT2D eigenvalue weighted by Crippen LogP contribution is -2.51. The standard InChI is InChI=1S/C18H22N2O/c1-12-4-3-9-18(19,11-12)17(21)15-7-8-16-14(10-15)6-5-13(2)20-16/h5-8,10,12H,3-4,9,11,19H2,1-2H3. The van der Waals surface area contributed by atoms with E-state index < -0.39 is 5.54 Å². The van der Waals surface area contributed by atoms with E-state index in [4.69, 9.17) is 5.73 Å². The normalized spacial score (nSPS) is 26.0. The molecule has 1 aromatic heterocycles. The minimum absolute atomic E-state index is 0.0801. The van der Waals surface area contributed by atoms with E-state index >= 15 is 0 Å². The van der Waals surface area contributed by atoms with Gasteiger partial charge < -0.3 is 5.73 Å². The average Bonchev–Trinajstić information content (AvgIpc) is 2.45. The second-order valence-corrected chi connectivity index (χ2v) is 6.55. The summed E-state index contributed by atoms with van der Waals surface area (Å²) < 4.78 is 0. The minimum Gasteiger partial charge on any atom is -0.319 e. The molecule has 2 atom stereocenters. The zero-order chi connectivity index (χ0) is 15.0. The molecule has 3 heteroatoms. The van der Waals surface area contributed by atoms with Gasteiger partial charge in [0.15, 0.2) is 5.78 Å². The Bertz CT molecular complexity index is 695. The number of nitrogens with two attached hydrogens (primary N) is 1. The first-order valence-corrected chi connectivity index (χ1v) is 7.69. The molecular formula is C18H22N2O. The van der Waals surface area contributed by atoms with Crippen LogP contribution in [0.3, 0.4) is 0 Å². The SMILES string of the molecule is Cc1ccc2cc(C(=O)C3(N)CCCC(C)C3)ccc2n1. The van der Waals surface area contributed by atoms with Crippen molar-refractivity contribution < 1.29 is 4.79 Å². The summed E-state index contributed by atoms with van der Waals surface area (Å²) in [4.78, 5) is 17.3. The molecule has 1 aromatic carbocycles. The fourth-order valence-corrected chi connectivity index (χ4v) is 3.45. The third kappa shape index (κ3) is 2.70. The maximum absolute atomic E-state index is 12.8. The van der Waals surface area contributed by atoms with Crippen LogP contribution in [-0.2, 0) is 0 Å². The van der Waals surface area contributed by atoms with Crippen molar-refractivity contribution in [3.8, 4) is 0 Å². The van der Waals surface area contributed by atoms with Crippen molar-refractivity contribution in [1.29, 1.82) is 0 Å². The van der Waals surface area contributed by atoms with Crippen LogP contribution in [0.25, 0.3) is 10.9 Å². The van der Waals surface area contributed by atoms with Crippen molar-refractivity contribution in [2.45, 2.75) is 45.1 Å². The number of hydrogen-bond acceptors (Lipinski definition) is 3.